The van der Waals surface area contributed by atoms with E-state index in [1.165, 1.54) is 6.07 Å². The molecule has 5 rings (SSSR count). The zero-order chi connectivity index (χ0) is 29.5. The minimum absolute atomic E-state index is 0.00572. The highest BCUT2D eigenvalue weighted by Crippen LogP contribution is 2.39. The highest BCUT2D eigenvalue weighted by atomic mass is 16.5. The minimum atomic E-state index is -0.298. The Balaban J connectivity index is 1.47. The van der Waals surface area contributed by atoms with Crippen LogP contribution in [0.4, 0.5) is 11.5 Å². The molecule has 42 heavy (non-hydrogen) atoms. The highest BCUT2D eigenvalue weighted by Gasteiger charge is 2.25. The van der Waals surface area contributed by atoms with Gasteiger partial charge in [-0.25, -0.2) is 0 Å². The number of hydrogen-bond donors (Lipinski definition) is 2. The zero-order valence-corrected chi connectivity index (χ0v) is 23.1. The quantitative estimate of drug-likeness (QED) is 0.261. The number of nitriles is 1. The van der Waals surface area contributed by atoms with Crippen molar-refractivity contribution >= 4 is 23.3 Å². The van der Waals surface area contributed by atoms with Crippen molar-refractivity contribution < 1.29 is 23.8 Å². The fourth-order valence-corrected chi connectivity index (χ4v) is 4.24. The summed E-state index contributed by atoms with van der Waals surface area (Å²) in [6.07, 6.45) is 0. The van der Waals surface area contributed by atoms with Gasteiger partial charge < -0.3 is 29.7 Å². The Kier molecular flexibility index (Phi) is 8.44. The van der Waals surface area contributed by atoms with Crippen molar-refractivity contribution in [1.82, 2.24) is 14.9 Å². The van der Waals surface area contributed by atoms with Gasteiger partial charge in [-0.3, -0.25) is 9.59 Å². The molecule has 1 aliphatic heterocycles. The van der Waals surface area contributed by atoms with Gasteiger partial charge in [0.25, 0.3) is 11.8 Å². The molecule has 2 N–H and O–H groups in total. The number of aromatic nitrogens is 2. The Morgan fingerprint density at radius 3 is 2.55 bits per heavy atom. The predicted molar refractivity (Wildman–Crippen MR) is 155 cm³/mol. The number of nitrogens with one attached hydrogen (secondary N) is 2. The third-order valence-corrected chi connectivity index (χ3v) is 6.39. The maximum absolute atomic E-state index is 12.9. The van der Waals surface area contributed by atoms with E-state index < -0.39 is 0 Å². The third kappa shape index (κ3) is 6.39. The molecule has 0 atom stereocenters. The Morgan fingerprint density at radius 2 is 1.79 bits per heavy atom. The summed E-state index contributed by atoms with van der Waals surface area (Å²) in [4.78, 5) is 35.6. The average molecular weight is 565 g/mol. The van der Waals surface area contributed by atoms with Crippen molar-refractivity contribution in [2.24, 2.45) is 0 Å². The molecule has 0 aliphatic carbocycles. The van der Waals surface area contributed by atoms with Gasteiger partial charge in [0.1, 0.15) is 18.0 Å². The second-order valence-electron chi connectivity index (χ2n) is 9.19. The van der Waals surface area contributed by atoms with Crippen LogP contribution >= 0.6 is 0 Å². The van der Waals surface area contributed by atoms with Crippen LogP contribution in [-0.2, 0) is 11.4 Å². The second kappa shape index (κ2) is 12.7. The SMILES string of the molecule is CCN(CC)C(=O)c1cccc(Oc2nc(Oc3cc(C#N)ccc3OCc3ccccc3)nc3c2NC(=O)CN3)c1. The van der Waals surface area contributed by atoms with E-state index >= 15 is 0 Å². The molecule has 2 amide bonds. The van der Waals surface area contributed by atoms with E-state index in [-0.39, 0.29) is 54.1 Å². The van der Waals surface area contributed by atoms with E-state index in [2.05, 4.69) is 26.7 Å². The molecular formula is C31H28N6O5. The van der Waals surface area contributed by atoms with Crippen LogP contribution in [0.3, 0.4) is 0 Å². The van der Waals surface area contributed by atoms with E-state index in [4.69, 9.17) is 14.2 Å². The number of hydrogen-bond acceptors (Lipinski definition) is 9. The molecule has 2 heterocycles. The van der Waals surface area contributed by atoms with Crippen molar-refractivity contribution in [3.05, 3.63) is 89.5 Å². The van der Waals surface area contributed by atoms with Crippen LogP contribution in [0.1, 0.15) is 35.3 Å². The lowest BCUT2D eigenvalue weighted by molar-refractivity contribution is -0.114. The molecular weight excluding hydrogens is 536 g/mol. The summed E-state index contributed by atoms with van der Waals surface area (Å²) in [5.41, 5.74) is 1.98. The lowest BCUT2D eigenvalue weighted by Gasteiger charge is -2.21. The van der Waals surface area contributed by atoms with Crippen LogP contribution in [-0.4, -0.2) is 46.3 Å². The van der Waals surface area contributed by atoms with E-state index in [1.54, 1.807) is 41.3 Å². The topological polar surface area (TPSA) is 139 Å². The fraction of sp³-hybridized carbons (Fsp3) is 0.194. The molecule has 0 radical (unpaired) electrons. The van der Waals surface area contributed by atoms with Crippen LogP contribution in [0.15, 0.2) is 72.8 Å². The van der Waals surface area contributed by atoms with Gasteiger partial charge in [0.15, 0.2) is 17.3 Å². The van der Waals surface area contributed by atoms with Gasteiger partial charge >= 0.3 is 6.01 Å². The maximum atomic E-state index is 12.9. The number of nitrogens with zero attached hydrogens (tertiary/aromatic N) is 4. The molecule has 0 saturated carbocycles. The summed E-state index contributed by atoms with van der Waals surface area (Å²) >= 11 is 0. The highest BCUT2D eigenvalue weighted by molar-refractivity contribution is 6.01. The summed E-state index contributed by atoms with van der Waals surface area (Å²) in [6, 6.07) is 23.1. The number of amides is 2. The first-order valence-electron chi connectivity index (χ1n) is 13.4. The second-order valence-corrected chi connectivity index (χ2v) is 9.19. The number of carbonyl (C=O) groups excluding carboxylic acids is 2. The van der Waals surface area contributed by atoms with E-state index in [1.807, 2.05) is 44.2 Å². The molecule has 3 aromatic carbocycles. The first-order valence-corrected chi connectivity index (χ1v) is 13.4. The first-order chi connectivity index (χ1) is 20.5. The Bertz CT molecular complexity index is 1650. The predicted octanol–water partition coefficient (Wildman–Crippen LogP) is 5.36. The average Bonchev–Trinajstić information content (AvgIpc) is 3.02. The molecule has 11 heteroatoms. The molecule has 0 saturated heterocycles. The number of anilines is 2. The van der Waals surface area contributed by atoms with Crippen LogP contribution in [0.25, 0.3) is 0 Å². The summed E-state index contributed by atoms with van der Waals surface area (Å²) < 4.78 is 18.1. The van der Waals surface area contributed by atoms with Gasteiger partial charge in [-0.05, 0) is 49.7 Å². The number of ether oxygens (including phenoxy) is 3. The van der Waals surface area contributed by atoms with Gasteiger partial charge in [-0.2, -0.15) is 15.2 Å². The molecule has 0 unspecified atom stereocenters. The summed E-state index contributed by atoms with van der Waals surface area (Å²) in [5.74, 6) is 0.799. The Labute approximate surface area is 242 Å². The monoisotopic (exact) mass is 564 g/mol. The minimum Gasteiger partial charge on any atom is -0.485 e. The van der Waals surface area contributed by atoms with E-state index in [0.29, 0.717) is 35.7 Å². The number of benzene rings is 3. The molecule has 0 bridgehead atoms. The third-order valence-electron chi connectivity index (χ3n) is 6.39. The molecule has 11 nitrogen and oxygen atoms in total. The van der Waals surface area contributed by atoms with Crippen LogP contribution in [0, 0.1) is 11.3 Å². The molecule has 1 aliphatic rings. The zero-order valence-electron chi connectivity index (χ0n) is 23.1. The molecule has 212 valence electrons. The lowest BCUT2D eigenvalue weighted by atomic mass is 10.2. The van der Waals surface area contributed by atoms with E-state index in [0.717, 1.165) is 5.56 Å². The Morgan fingerprint density at radius 1 is 0.976 bits per heavy atom. The molecule has 1 aromatic heterocycles. The van der Waals surface area contributed by atoms with E-state index in [9.17, 15) is 14.9 Å². The largest absolute Gasteiger partial charge is 0.485 e. The van der Waals surface area contributed by atoms with Crippen LogP contribution in [0.2, 0.25) is 0 Å². The van der Waals surface area contributed by atoms with Gasteiger partial charge in [0.2, 0.25) is 5.91 Å². The number of fused-ring (bicyclic) bond motifs is 1. The Hall–Kier alpha value is -5.63. The van der Waals surface area contributed by atoms with Gasteiger partial charge in [-0.15, -0.1) is 0 Å². The summed E-state index contributed by atoms with van der Waals surface area (Å²) in [6.45, 7) is 5.24. The van der Waals surface area contributed by atoms with Crippen molar-refractivity contribution in [3.8, 4) is 35.2 Å². The smallest absolute Gasteiger partial charge is 0.327 e. The lowest BCUT2D eigenvalue weighted by Crippen LogP contribution is -2.30. The molecule has 0 fully saturated rings. The first kappa shape index (κ1) is 27.9. The summed E-state index contributed by atoms with van der Waals surface area (Å²) in [7, 11) is 0. The van der Waals surface area contributed by atoms with Crippen molar-refractivity contribution in [2.75, 3.05) is 30.3 Å². The standard InChI is InChI=1S/C31H28N6O5/c1-3-37(4-2)30(39)22-11-8-12-23(16-22)41-29-27-28(33-18-26(38)34-27)35-31(36-29)42-25-15-21(17-32)13-14-24(25)40-19-20-9-6-5-7-10-20/h5-16H,3-4,18-19H2,1-2H3,(H,34,38)(H,33,35,36). The van der Waals surface area contributed by atoms with Crippen LogP contribution < -0.4 is 24.8 Å². The normalized spacial score (nSPS) is 11.8. The summed E-state index contributed by atoms with van der Waals surface area (Å²) in [5, 5.41) is 15.1. The number of carbonyl (C=O) groups is 2. The van der Waals surface area contributed by atoms with Crippen molar-refractivity contribution in [2.45, 2.75) is 20.5 Å². The van der Waals surface area contributed by atoms with Gasteiger partial charge in [0.05, 0.1) is 18.2 Å². The maximum Gasteiger partial charge on any atom is 0.327 e. The van der Waals surface area contributed by atoms with Gasteiger partial charge in [0, 0.05) is 24.7 Å². The van der Waals surface area contributed by atoms with Gasteiger partial charge in [-0.1, -0.05) is 36.4 Å². The van der Waals surface area contributed by atoms with Crippen molar-refractivity contribution in [1.29, 1.82) is 5.26 Å². The molecule has 4 aromatic rings. The fourth-order valence-electron chi connectivity index (χ4n) is 4.24. The van der Waals surface area contributed by atoms with Crippen molar-refractivity contribution in [3.63, 3.8) is 0 Å². The molecule has 0 spiro atoms. The number of rotatable bonds is 10. The van der Waals surface area contributed by atoms with Crippen LogP contribution in [0.5, 0.6) is 29.1 Å².